The topological polar surface area (TPSA) is 76.3 Å². The molecular formula is C10H12BrN3O2. The number of hydrogen-bond acceptors (Lipinski definition) is 3. The Bertz CT molecular complexity index is 409. The number of halogens is 1. The van der Waals surface area contributed by atoms with Gasteiger partial charge in [-0.2, -0.15) is 0 Å². The van der Waals surface area contributed by atoms with E-state index in [1.54, 1.807) is 25.1 Å². The lowest BCUT2D eigenvalue weighted by Crippen LogP contribution is -2.38. The number of aromatic nitrogens is 1. The van der Waals surface area contributed by atoms with E-state index in [0.717, 1.165) is 0 Å². The van der Waals surface area contributed by atoms with E-state index >= 15 is 0 Å². The lowest BCUT2D eigenvalue weighted by Gasteiger charge is -2.18. The minimum atomic E-state index is -0.537. The molecule has 1 aromatic heterocycles. The van der Waals surface area contributed by atoms with Gasteiger partial charge < -0.3 is 10.6 Å². The number of carbonyl (C=O) groups excluding carboxylic acids is 2. The fraction of sp³-hybridized carbons (Fsp3) is 0.300. The number of primary amides is 1. The summed E-state index contributed by atoms with van der Waals surface area (Å²) in [6, 6.07) is 5.03. The fourth-order valence-corrected chi connectivity index (χ4v) is 1.55. The van der Waals surface area contributed by atoms with Crippen LogP contribution in [0.25, 0.3) is 0 Å². The van der Waals surface area contributed by atoms with Gasteiger partial charge in [0.25, 0.3) is 5.91 Å². The molecule has 1 rings (SSSR count). The maximum atomic E-state index is 11.9. The van der Waals surface area contributed by atoms with Gasteiger partial charge in [-0.1, -0.05) is 6.07 Å². The van der Waals surface area contributed by atoms with Crippen LogP contribution in [0.5, 0.6) is 0 Å². The maximum Gasteiger partial charge on any atom is 0.272 e. The molecule has 0 aliphatic heterocycles. The molecule has 6 heteroatoms. The minimum Gasteiger partial charge on any atom is -0.368 e. The van der Waals surface area contributed by atoms with E-state index in [2.05, 4.69) is 20.9 Å². The van der Waals surface area contributed by atoms with E-state index in [1.807, 2.05) is 0 Å². The zero-order chi connectivity index (χ0) is 12.1. The van der Waals surface area contributed by atoms with E-state index in [9.17, 15) is 9.59 Å². The molecule has 16 heavy (non-hydrogen) atoms. The van der Waals surface area contributed by atoms with Crippen LogP contribution in [0, 0.1) is 0 Å². The van der Waals surface area contributed by atoms with Crippen molar-refractivity contribution < 1.29 is 9.59 Å². The van der Waals surface area contributed by atoms with Crippen LogP contribution >= 0.6 is 15.9 Å². The predicted molar refractivity (Wildman–Crippen MR) is 62.7 cm³/mol. The molecule has 1 aromatic rings. The molecule has 1 heterocycles. The first-order valence-corrected chi connectivity index (χ1v) is 5.54. The summed E-state index contributed by atoms with van der Waals surface area (Å²) >= 11 is 3.18. The van der Waals surface area contributed by atoms with Gasteiger partial charge in [0.05, 0.1) is 6.54 Å². The third kappa shape index (κ3) is 3.30. The molecule has 0 bridgehead atoms. The van der Waals surface area contributed by atoms with Crippen molar-refractivity contribution in [3.8, 4) is 0 Å². The third-order valence-electron chi connectivity index (χ3n) is 1.95. The number of carbonyl (C=O) groups is 2. The first-order valence-electron chi connectivity index (χ1n) is 4.74. The number of amides is 2. The highest BCUT2D eigenvalue weighted by Gasteiger charge is 2.17. The summed E-state index contributed by atoms with van der Waals surface area (Å²) in [5, 5.41) is 0. The lowest BCUT2D eigenvalue weighted by molar-refractivity contribution is -0.118. The van der Waals surface area contributed by atoms with E-state index in [4.69, 9.17) is 5.73 Å². The molecule has 86 valence electrons. The number of rotatable bonds is 4. The van der Waals surface area contributed by atoms with E-state index in [0.29, 0.717) is 11.1 Å². The third-order valence-corrected chi connectivity index (χ3v) is 2.39. The van der Waals surface area contributed by atoms with Crippen molar-refractivity contribution in [1.29, 1.82) is 0 Å². The molecule has 5 nitrogen and oxygen atoms in total. The second kappa shape index (κ2) is 5.60. The largest absolute Gasteiger partial charge is 0.368 e. The minimum absolute atomic E-state index is 0.0937. The molecule has 0 saturated carbocycles. The Morgan fingerprint density at radius 1 is 1.50 bits per heavy atom. The molecular weight excluding hydrogens is 274 g/mol. The maximum absolute atomic E-state index is 11.9. The van der Waals surface area contributed by atoms with Crippen molar-refractivity contribution in [2.45, 2.75) is 6.92 Å². The van der Waals surface area contributed by atoms with Crippen LogP contribution in [-0.4, -0.2) is 34.8 Å². The zero-order valence-electron chi connectivity index (χ0n) is 8.81. The summed E-state index contributed by atoms with van der Waals surface area (Å²) in [4.78, 5) is 28.0. The molecule has 2 N–H and O–H groups in total. The SMILES string of the molecule is CCN(CC(N)=O)C(=O)c1cccc(Br)n1. The molecule has 2 amide bonds. The number of nitrogens with zero attached hydrogens (tertiary/aromatic N) is 2. The Hall–Kier alpha value is -1.43. The van der Waals surface area contributed by atoms with Crippen LogP contribution in [-0.2, 0) is 4.79 Å². The molecule has 0 spiro atoms. The van der Waals surface area contributed by atoms with Crippen molar-refractivity contribution in [2.75, 3.05) is 13.1 Å². The van der Waals surface area contributed by atoms with Gasteiger partial charge in [0.15, 0.2) is 0 Å². The average molecular weight is 286 g/mol. The Morgan fingerprint density at radius 2 is 2.19 bits per heavy atom. The predicted octanol–water partition coefficient (Wildman–Crippen LogP) is 0.791. The summed E-state index contributed by atoms with van der Waals surface area (Å²) in [6.07, 6.45) is 0. The second-order valence-electron chi connectivity index (χ2n) is 3.13. The number of nitrogens with two attached hydrogens (primary N) is 1. The van der Waals surface area contributed by atoms with Crippen molar-refractivity contribution >= 4 is 27.7 Å². The molecule has 0 saturated heterocycles. The number of pyridine rings is 1. The van der Waals surface area contributed by atoms with Crippen molar-refractivity contribution in [1.82, 2.24) is 9.88 Å². The number of likely N-dealkylation sites (N-methyl/N-ethyl adjacent to an activating group) is 1. The van der Waals surface area contributed by atoms with E-state index in [-0.39, 0.29) is 18.1 Å². The quantitative estimate of drug-likeness (QED) is 0.831. The molecule has 0 aliphatic rings. The van der Waals surface area contributed by atoms with Crippen molar-refractivity contribution in [3.05, 3.63) is 28.5 Å². The Labute approximate surface area is 102 Å². The molecule has 0 fully saturated rings. The van der Waals surface area contributed by atoms with E-state index in [1.165, 1.54) is 4.90 Å². The average Bonchev–Trinajstić information content (AvgIpc) is 2.24. The summed E-state index contributed by atoms with van der Waals surface area (Å²) < 4.78 is 0.577. The van der Waals surface area contributed by atoms with Gasteiger partial charge in [-0.15, -0.1) is 0 Å². The molecule has 0 atom stereocenters. The highest BCUT2D eigenvalue weighted by Crippen LogP contribution is 2.08. The first-order chi connectivity index (χ1) is 7.54. The first kappa shape index (κ1) is 12.6. The highest BCUT2D eigenvalue weighted by molar-refractivity contribution is 9.10. The van der Waals surface area contributed by atoms with Gasteiger partial charge in [0.1, 0.15) is 10.3 Å². The lowest BCUT2D eigenvalue weighted by atomic mass is 10.3. The van der Waals surface area contributed by atoms with Gasteiger partial charge in [0.2, 0.25) is 5.91 Å². The summed E-state index contributed by atoms with van der Waals surface area (Å²) in [7, 11) is 0. The van der Waals surface area contributed by atoms with Gasteiger partial charge in [-0.05, 0) is 35.0 Å². The monoisotopic (exact) mass is 285 g/mol. The smallest absolute Gasteiger partial charge is 0.272 e. The van der Waals surface area contributed by atoms with Gasteiger partial charge >= 0.3 is 0 Å². The van der Waals surface area contributed by atoms with Gasteiger partial charge in [-0.3, -0.25) is 9.59 Å². The van der Waals surface area contributed by atoms with Crippen molar-refractivity contribution in [3.63, 3.8) is 0 Å². The number of hydrogen-bond donors (Lipinski definition) is 1. The summed E-state index contributed by atoms with van der Waals surface area (Å²) in [6.45, 7) is 2.10. The Morgan fingerprint density at radius 3 is 2.69 bits per heavy atom. The molecule has 0 aromatic carbocycles. The van der Waals surface area contributed by atoms with Gasteiger partial charge in [-0.25, -0.2) is 4.98 Å². The zero-order valence-corrected chi connectivity index (χ0v) is 10.4. The Balaban J connectivity index is 2.86. The molecule has 0 radical (unpaired) electrons. The van der Waals surface area contributed by atoms with E-state index < -0.39 is 5.91 Å². The van der Waals surface area contributed by atoms with Crippen LogP contribution in [0.15, 0.2) is 22.8 Å². The van der Waals surface area contributed by atoms with Crippen molar-refractivity contribution in [2.24, 2.45) is 5.73 Å². The highest BCUT2D eigenvalue weighted by atomic mass is 79.9. The van der Waals surface area contributed by atoms with Crippen LogP contribution in [0.3, 0.4) is 0 Å². The fourth-order valence-electron chi connectivity index (χ4n) is 1.20. The van der Waals surface area contributed by atoms with Gasteiger partial charge in [0, 0.05) is 6.54 Å². The standard InChI is InChI=1S/C10H12BrN3O2/c1-2-14(6-9(12)15)10(16)7-4-3-5-8(11)13-7/h3-5H,2,6H2,1H3,(H2,12,15). The Kier molecular flexibility index (Phi) is 4.42. The second-order valence-corrected chi connectivity index (χ2v) is 3.94. The summed E-state index contributed by atoms with van der Waals surface area (Å²) in [5.74, 6) is -0.840. The molecule has 0 aliphatic carbocycles. The summed E-state index contributed by atoms with van der Waals surface area (Å²) in [5.41, 5.74) is 5.34. The van der Waals surface area contributed by atoms with Crippen LogP contribution in [0.1, 0.15) is 17.4 Å². The normalized spacial score (nSPS) is 9.88. The van der Waals surface area contributed by atoms with Crippen LogP contribution in [0.2, 0.25) is 0 Å². The van der Waals surface area contributed by atoms with Crippen LogP contribution < -0.4 is 5.73 Å². The molecule has 0 unspecified atom stereocenters. The van der Waals surface area contributed by atoms with Crippen LogP contribution in [0.4, 0.5) is 0 Å².